The molecule has 0 unspecified atom stereocenters. The van der Waals surface area contributed by atoms with Gasteiger partial charge in [0.15, 0.2) is 0 Å². The van der Waals surface area contributed by atoms with Gasteiger partial charge in [0.05, 0.1) is 11.1 Å². The lowest BCUT2D eigenvalue weighted by Crippen LogP contribution is -2.23. The topological polar surface area (TPSA) is 26.3 Å². The first kappa shape index (κ1) is 18.8. The Hall–Kier alpha value is -2.56. The first-order valence-electron chi connectivity index (χ1n) is 7.69. The molecule has 5 heteroatoms. The average molecular weight is 348 g/mol. The van der Waals surface area contributed by atoms with Gasteiger partial charge in [-0.2, -0.15) is 13.2 Å². The van der Waals surface area contributed by atoms with Gasteiger partial charge in [-0.25, -0.2) is 4.79 Å². The van der Waals surface area contributed by atoms with Crippen LogP contribution < -0.4 is 0 Å². The van der Waals surface area contributed by atoms with Crippen LogP contribution in [0.2, 0.25) is 0 Å². The zero-order valence-corrected chi connectivity index (χ0v) is 14.3. The van der Waals surface area contributed by atoms with Crippen LogP contribution in [0.1, 0.15) is 42.3 Å². The molecule has 0 radical (unpaired) electrons. The Kier molecular flexibility index (Phi) is 5.07. The maximum absolute atomic E-state index is 13.3. The van der Waals surface area contributed by atoms with E-state index in [1.165, 1.54) is 42.5 Å². The van der Waals surface area contributed by atoms with E-state index in [2.05, 4.69) is 6.58 Å². The Labute approximate surface area is 144 Å². The number of carbonyl (C=O) groups is 1. The third-order valence-corrected chi connectivity index (χ3v) is 3.42. The summed E-state index contributed by atoms with van der Waals surface area (Å²) in [5.74, 6) is -0.519. The fraction of sp³-hybridized carbons (Fsp3) is 0.250. The van der Waals surface area contributed by atoms with Gasteiger partial charge in [-0.15, -0.1) is 0 Å². The molecule has 0 aliphatic rings. The molecule has 2 aromatic carbocycles. The molecule has 0 aliphatic carbocycles. The predicted octanol–water partition coefficient (Wildman–Crippen LogP) is 5.97. The maximum Gasteiger partial charge on any atom is 0.417 e. The molecular formula is C20H19F3O2. The molecule has 2 aromatic rings. The first-order valence-corrected chi connectivity index (χ1v) is 7.69. The summed E-state index contributed by atoms with van der Waals surface area (Å²) in [5, 5.41) is 0. The highest BCUT2D eigenvalue weighted by molar-refractivity contribution is 5.90. The summed E-state index contributed by atoms with van der Waals surface area (Å²) in [7, 11) is 0. The minimum absolute atomic E-state index is 0.0423. The van der Waals surface area contributed by atoms with Crippen LogP contribution in [0.3, 0.4) is 0 Å². The number of rotatable bonds is 3. The van der Waals surface area contributed by atoms with Crippen molar-refractivity contribution >= 4 is 12.0 Å². The van der Waals surface area contributed by atoms with E-state index in [0.29, 0.717) is 11.1 Å². The number of esters is 1. The number of ether oxygens (including phenoxy) is 1. The Balaban J connectivity index is 2.43. The molecule has 0 amide bonds. The lowest BCUT2D eigenvalue weighted by atomic mass is 9.96. The van der Waals surface area contributed by atoms with Crippen LogP contribution in [0.4, 0.5) is 13.2 Å². The molecule has 0 atom stereocenters. The van der Waals surface area contributed by atoms with E-state index in [-0.39, 0.29) is 11.1 Å². The Morgan fingerprint density at radius 1 is 1.04 bits per heavy atom. The number of halogens is 3. The van der Waals surface area contributed by atoms with E-state index in [1.807, 2.05) is 0 Å². The van der Waals surface area contributed by atoms with Crippen LogP contribution in [-0.2, 0) is 10.9 Å². The lowest BCUT2D eigenvalue weighted by Gasteiger charge is -2.19. The normalized spacial score (nSPS) is 11.9. The molecule has 0 fully saturated rings. The zero-order chi connectivity index (χ0) is 18.8. The van der Waals surface area contributed by atoms with Gasteiger partial charge in [-0.1, -0.05) is 30.9 Å². The van der Waals surface area contributed by atoms with Crippen molar-refractivity contribution in [3.8, 4) is 11.1 Å². The largest absolute Gasteiger partial charge is 0.456 e. The van der Waals surface area contributed by atoms with Crippen molar-refractivity contribution < 1.29 is 22.7 Å². The third kappa shape index (κ3) is 4.72. The Bertz CT molecular complexity index is 782. The molecule has 132 valence electrons. The molecule has 0 heterocycles. The molecule has 0 saturated heterocycles. The SMILES string of the molecule is C=Cc1ccc(C(F)(F)F)c(-c2ccc(C(=O)OC(C)(C)C)cc2)c1. The number of alkyl halides is 3. The van der Waals surface area contributed by atoms with Gasteiger partial charge in [-0.05, 0) is 61.7 Å². The first-order chi connectivity index (χ1) is 11.5. The summed E-state index contributed by atoms with van der Waals surface area (Å²) in [6.07, 6.45) is -2.99. The highest BCUT2D eigenvalue weighted by Gasteiger charge is 2.33. The molecule has 0 spiro atoms. The maximum atomic E-state index is 13.3. The molecule has 2 nitrogen and oxygen atoms in total. The van der Waals surface area contributed by atoms with Crippen LogP contribution in [0.5, 0.6) is 0 Å². The van der Waals surface area contributed by atoms with Crippen LogP contribution in [0.25, 0.3) is 17.2 Å². The third-order valence-electron chi connectivity index (χ3n) is 3.42. The number of benzene rings is 2. The van der Waals surface area contributed by atoms with Crippen LogP contribution >= 0.6 is 0 Å². The van der Waals surface area contributed by atoms with E-state index in [4.69, 9.17) is 4.74 Å². The lowest BCUT2D eigenvalue weighted by molar-refractivity contribution is -0.137. The highest BCUT2D eigenvalue weighted by atomic mass is 19.4. The van der Waals surface area contributed by atoms with Crippen molar-refractivity contribution in [1.82, 2.24) is 0 Å². The zero-order valence-electron chi connectivity index (χ0n) is 14.3. The minimum atomic E-state index is -4.47. The second-order valence-electron chi connectivity index (χ2n) is 6.59. The summed E-state index contributed by atoms with van der Waals surface area (Å²) in [5.41, 5.74) is -0.101. The highest BCUT2D eigenvalue weighted by Crippen LogP contribution is 2.37. The second-order valence-corrected chi connectivity index (χ2v) is 6.59. The molecule has 0 aromatic heterocycles. The van der Waals surface area contributed by atoms with E-state index in [0.717, 1.165) is 6.07 Å². The van der Waals surface area contributed by atoms with Crippen molar-refractivity contribution in [2.24, 2.45) is 0 Å². The standard InChI is InChI=1S/C20H19F3O2/c1-5-13-6-11-17(20(21,22)23)16(12-13)14-7-9-15(10-8-14)18(24)25-19(2,3)4/h5-12H,1H2,2-4H3. The molecule has 0 aliphatic heterocycles. The fourth-order valence-electron chi connectivity index (χ4n) is 2.30. The van der Waals surface area contributed by atoms with Gasteiger partial charge in [-0.3, -0.25) is 0 Å². The van der Waals surface area contributed by atoms with Gasteiger partial charge in [0.1, 0.15) is 5.60 Å². The van der Waals surface area contributed by atoms with Crippen LogP contribution in [0, 0.1) is 0 Å². The molecule has 0 N–H and O–H groups in total. The monoisotopic (exact) mass is 348 g/mol. The second kappa shape index (κ2) is 6.75. The summed E-state index contributed by atoms with van der Waals surface area (Å²) in [4.78, 5) is 12.0. The fourth-order valence-corrected chi connectivity index (χ4v) is 2.30. The number of hydrogen-bond donors (Lipinski definition) is 0. The van der Waals surface area contributed by atoms with Gasteiger partial charge in [0.25, 0.3) is 0 Å². The van der Waals surface area contributed by atoms with Crippen LogP contribution in [-0.4, -0.2) is 11.6 Å². The van der Waals surface area contributed by atoms with E-state index in [9.17, 15) is 18.0 Å². The van der Waals surface area contributed by atoms with Gasteiger partial charge in [0.2, 0.25) is 0 Å². The summed E-state index contributed by atoms with van der Waals surface area (Å²) >= 11 is 0. The Morgan fingerprint density at radius 3 is 2.12 bits per heavy atom. The van der Waals surface area contributed by atoms with Gasteiger partial charge in [0, 0.05) is 0 Å². The van der Waals surface area contributed by atoms with Crippen molar-refractivity contribution in [1.29, 1.82) is 0 Å². The predicted molar refractivity (Wildman–Crippen MR) is 92.1 cm³/mol. The smallest absolute Gasteiger partial charge is 0.417 e. The van der Waals surface area contributed by atoms with Crippen LogP contribution in [0.15, 0.2) is 49.0 Å². The number of carbonyl (C=O) groups excluding carboxylic acids is 1. The minimum Gasteiger partial charge on any atom is -0.456 e. The van der Waals surface area contributed by atoms with E-state index in [1.54, 1.807) is 20.8 Å². The van der Waals surface area contributed by atoms with Crippen molar-refractivity contribution in [3.05, 3.63) is 65.7 Å². The number of hydrogen-bond acceptors (Lipinski definition) is 2. The van der Waals surface area contributed by atoms with E-state index >= 15 is 0 Å². The molecular weight excluding hydrogens is 329 g/mol. The summed E-state index contributed by atoms with van der Waals surface area (Å²) in [6, 6.07) is 9.72. The van der Waals surface area contributed by atoms with Gasteiger partial charge < -0.3 is 4.74 Å². The van der Waals surface area contributed by atoms with E-state index < -0.39 is 23.3 Å². The van der Waals surface area contributed by atoms with Crippen molar-refractivity contribution in [2.75, 3.05) is 0 Å². The quantitative estimate of drug-likeness (QED) is 0.639. The Morgan fingerprint density at radius 2 is 1.64 bits per heavy atom. The summed E-state index contributed by atoms with van der Waals surface area (Å²) in [6.45, 7) is 8.82. The molecule has 2 rings (SSSR count). The summed E-state index contributed by atoms with van der Waals surface area (Å²) < 4.78 is 45.0. The average Bonchev–Trinajstić information content (AvgIpc) is 2.52. The molecule has 25 heavy (non-hydrogen) atoms. The van der Waals surface area contributed by atoms with Gasteiger partial charge >= 0.3 is 12.1 Å². The van der Waals surface area contributed by atoms with Crippen molar-refractivity contribution in [3.63, 3.8) is 0 Å². The van der Waals surface area contributed by atoms with Crippen molar-refractivity contribution in [2.45, 2.75) is 32.5 Å². The molecule has 0 bridgehead atoms. The molecule has 0 saturated carbocycles.